The fraction of sp³-hybridized carbons (Fsp3) is 0. The summed E-state index contributed by atoms with van der Waals surface area (Å²) < 4.78 is 26.2. The summed E-state index contributed by atoms with van der Waals surface area (Å²) in [6.45, 7) is 0. The van der Waals surface area contributed by atoms with Gasteiger partial charge in [0.25, 0.3) is 15.7 Å². The molecule has 1 aromatic carbocycles. The van der Waals surface area contributed by atoms with Crippen LogP contribution in [0.25, 0.3) is 0 Å². The number of nitro groups is 1. The predicted molar refractivity (Wildman–Crippen MR) is 75.2 cm³/mol. The number of nitro benzene ring substituents is 1. The first-order chi connectivity index (χ1) is 9.81. The zero-order valence-corrected chi connectivity index (χ0v) is 11.8. The van der Waals surface area contributed by atoms with Gasteiger partial charge in [0.05, 0.1) is 16.2 Å². The van der Waals surface area contributed by atoms with Crippen LogP contribution >= 0.6 is 11.3 Å². The highest BCUT2D eigenvalue weighted by molar-refractivity contribution is 7.94. The molecule has 2 N–H and O–H groups in total. The number of carboxylic acid groups (broad SMARTS) is 1. The molecule has 0 radical (unpaired) electrons. The summed E-state index contributed by atoms with van der Waals surface area (Å²) in [5, 5.41) is 21.3. The maximum absolute atomic E-state index is 12.1. The van der Waals surface area contributed by atoms with E-state index in [2.05, 4.69) is 4.72 Å². The van der Waals surface area contributed by atoms with E-state index in [1.165, 1.54) is 12.1 Å². The Balaban J connectivity index is 2.49. The van der Waals surface area contributed by atoms with Crippen molar-refractivity contribution in [3.8, 4) is 0 Å². The summed E-state index contributed by atoms with van der Waals surface area (Å²) in [4.78, 5) is 21.0. The van der Waals surface area contributed by atoms with Gasteiger partial charge in [-0.2, -0.15) is 0 Å². The molecule has 0 bridgehead atoms. The maximum atomic E-state index is 12.1. The number of anilines is 1. The minimum Gasteiger partial charge on any atom is -0.478 e. The van der Waals surface area contributed by atoms with Crippen molar-refractivity contribution >= 4 is 38.7 Å². The number of sulfonamides is 1. The molecule has 0 atom stereocenters. The Labute approximate surface area is 122 Å². The zero-order chi connectivity index (χ0) is 15.6. The van der Waals surface area contributed by atoms with E-state index in [0.29, 0.717) is 0 Å². The van der Waals surface area contributed by atoms with Crippen LogP contribution < -0.4 is 4.72 Å². The van der Waals surface area contributed by atoms with Crippen LogP contribution in [0.2, 0.25) is 0 Å². The van der Waals surface area contributed by atoms with Crippen molar-refractivity contribution in [2.45, 2.75) is 4.21 Å². The summed E-state index contributed by atoms with van der Waals surface area (Å²) in [5.41, 5.74) is -1.14. The Morgan fingerprint density at radius 3 is 2.57 bits per heavy atom. The lowest BCUT2D eigenvalue weighted by molar-refractivity contribution is -0.384. The van der Waals surface area contributed by atoms with Gasteiger partial charge in [-0.1, -0.05) is 6.07 Å². The van der Waals surface area contributed by atoms with Crippen molar-refractivity contribution in [3.63, 3.8) is 0 Å². The number of non-ortho nitro benzene ring substituents is 1. The van der Waals surface area contributed by atoms with E-state index >= 15 is 0 Å². The van der Waals surface area contributed by atoms with Crippen molar-refractivity contribution in [1.29, 1.82) is 0 Å². The third-order valence-corrected chi connectivity index (χ3v) is 5.21. The van der Waals surface area contributed by atoms with Gasteiger partial charge in [-0.3, -0.25) is 14.8 Å². The average molecular weight is 328 g/mol. The van der Waals surface area contributed by atoms with E-state index in [9.17, 15) is 23.3 Å². The minimum atomic E-state index is -3.99. The van der Waals surface area contributed by atoms with Gasteiger partial charge in [-0.25, -0.2) is 13.2 Å². The molecule has 21 heavy (non-hydrogen) atoms. The van der Waals surface area contributed by atoms with Gasteiger partial charge in [0.1, 0.15) is 4.21 Å². The number of hydrogen-bond donors (Lipinski definition) is 2. The van der Waals surface area contributed by atoms with Crippen LogP contribution in [0.3, 0.4) is 0 Å². The molecule has 0 aliphatic carbocycles. The fourth-order valence-electron chi connectivity index (χ4n) is 1.53. The molecular weight excluding hydrogens is 320 g/mol. The molecule has 2 rings (SSSR count). The lowest BCUT2D eigenvalue weighted by atomic mass is 10.1. The van der Waals surface area contributed by atoms with Crippen LogP contribution in [0.4, 0.5) is 11.4 Å². The van der Waals surface area contributed by atoms with Crippen molar-refractivity contribution in [2.75, 3.05) is 4.72 Å². The summed E-state index contributed by atoms with van der Waals surface area (Å²) >= 11 is 0.942. The number of nitrogens with one attached hydrogen (secondary N) is 1. The lowest BCUT2D eigenvalue weighted by Crippen LogP contribution is -2.14. The van der Waals surface area contributed by atoms with Gasteiger partial charge in [0.2, 0.25) is 0 Å². The van der Waals surface area contributed by atoms with Crippen LogP contribution in [0, 0.1) is 10.1 Å². The number of aromatic carboxylic acids is 1. The molecule has 2 aromatic rings. The molecular formula is C11H8N2O6S2. The standard InChI is InChI=1S/C11H8N2O6S2/c14-11(15)8-4-3-7(13(16)17)6-9(8)12-21(18,19)10-2-1-5-20-10/h1-6,12H,(H,14,15). The molecule has 0 aliphatic heterocycles. The van der Waals surface area contributed by atoms with Crippen molar-refractivity contribution in [3.05, 3.63) is 51.4 Å². The minimum absolute atomic E-state index is 0.0228. The largest absolute Gasteiger partial charge is 0.478 e. The van der Waals surface area contributed by atoms with Crippen LogP contribution in [0.1, 0.15) is 10.4 Å². The highest BCUT2D eigenvalue weighted by atomic mass is 32.2. The first-order valence-electron chi connectivity index (χ1n) is 5.39. The van der Waals surface area contributed by atoms with Crippen LogP contribution in [-0.4, -0.2) is 24.4 Å². The predicted octanol–water partition coefficient (Wildman–Crippen LogP) is 2.16. The molecule has 0 fully saturated rings. The smallest absolute Gasteiger partial charge is 0.337 e. The van der Waals surface area contributed by atoms with Gasteiger partial charge < -0.3 is 5.11 Å². The molecule has 0 aliphatic rings. The monoisotopic (exact) mass is 328 g/mol. The Morgan fingerprint density at radius 1 is 1.33 bits per heavy atom. The number of carboxylic acids is 1. The Morgan fingerprint density at radius 2 is 2.05 bits per heavy atom. The topological polar surface area (TPSA) is 127 Å². The second-order valence-corrected chi connectivity index (χ2v) is 6.69. The lowest BCUT2D eigenvalue weighted by Gasteiger charge is -2.09. The third kappa shape index (κ3) is 3.17. The average Bonchev–Trinajstić information content (AvgIpc) is 2.92. The van der Waals surface area contributed by atoms with E-state index in [-0.39, 0.29) is 15.5 Å². The number of benzene rings is 1. The summed E-state index contributed by atoms with van der Waals surface area (Å²) in [6, 6.07) is 5.70. The number of hydrogen-bond acceptors (Lipinski definition) is 6. The normalized spacial score (nSPS) is 11.0. The van der Waals surface area contributed by atoms with E-state index < -0.39 is 26.6 Å². The summed E-state index contributed by atoms with van der Waals surface area (Å²) in [5.74, 6) is -1.39. The molecule has 0 unspecified atom stereocenters. The second kappa shape index (κ2) is 5.50. The van der Waals surface area contributed by atoms with Gasteiger partial charge in [0, 0.05) is 12.1 Å². The first kappa shape index (κ1) is 14.9. The fourth-order valence-corrected chi connectivity index (χ4v) is 3.59. The Hall–Kier alpha value is -2.46. The maximum Gasteiger partial charge on any atom is 0.337 e. The number of nitrogens with zero attached hydrogens (tertiary/aromatic N) is 1. The molecule has 8 nitrogen and oxygen atoms in total. The molecule has 10 heteroatoms. The van der Waals surface area contributed by atoms with E-state index in [1.807, 2.05) is 0 Å². The molecule has 1 heterocycles. The first-order valence-corrected chi connectivity index (χ1v) is 7.75. The second-order valence-electron chi connectivity index (χ2n) is 3.83. The van der Waals surface area contributed by atoms with Gasteiger partial charge in [-0.15, -0.1) is 11.3 Å². The van der Waals surface area contributed by atoms with Crippen LogP contribution in [-0.2, 0) is 10.0 Å². The van der Waals surface area contributed by atoms with Gasteiger partial charge in [0.15, 0.2) is 0 Å². The van der Waals surface area contributed by atoms with Gasteiger partial charge in [-0.05, 0) is 17.5 Å². The Kier molecular flexibility index (Phi) is 3.91. The third-order valence-electron chi connectivity index (χ3n) is 2.45. The molecule has 0 saturated heterocycles. The van der Waals surface area contributed by atoms with Crippen molar-refractivity contribution in [1.82, 2.24) is 0 Å². The van der Waals surface area contributed by atoms with E-state index in [4.69, 9.17) is 5.11 Å². The van der Waals surface area contributed by atoms with Gasteiger partial charge >= 0.3 is 5.97 Å². The quantitative estimate of drug-likeness (QED) is 0.639. The number of carbonyl (C=O) groups is 1. The highest BCUT2D eigenvalue weighted by Crippen LogP contribution is 2.26. The van der Waals surface area contributed by atoms with Crippen LogP contribution in [0.5, 0.6) is 0 Å². The highest BCUT2D eigenvalue weighted by Gasteiger charge is 2.21. The molecule has 110 valence electrons. The summed E-state index contributed by atoms with van der Waals surface area (Å²) in [7, 11) is -3.99. The molecule has 1 aromatic heterocycles. The summed E-state index contributed by atoms with van der Waals surface area (Å²) in [6.07, 6.45) is 0. The molecule has 0 amide bonds. The molecule has 0 spiro atoms. The number of thiophene rings is 1. The zero-order valence-electron chi connectivity index (χ0n) is 10.2. The Bertz CT molecular complexity index is 798. The molecule has 0 saturated carbocycles. The van der Waals surface area contributed by atoms with E-state index in [0.717, 1.165) is 29.5 Å². The van der Waals surface area contributed by atoms with E-state index in [1.54, 1.807) is 5.38 Å². The SMILES string of the molecule is O=C(O)c1ccc([N+](=O)[O-])cc1NS(=O)(=O)c1cccs1. The number of rotatable bonds is 5. The van der Waals surface area contributed by atoms with Crippen LogP contribution in [0.15, 0.2) is 39.9 Å². The van der Waals surface area contributed by atoms with Crippen molar-refractivity contribution in [2.24, 2.45) is 0 Å². The van der Waals surface area contributed by atoms with Crippen molar-refractivity contribution < 1.29 is 23.2 Å².